The third-order valence-corrected chi connectivity index (χ3v) is 4.67. The Morgan fingerprint density at radius 2 is 1.59 bits per heavy atom. The first-order chi connectivity index (χ1) is 8.20. The van der Waals surface area contributed by atoms with Crippen molar-refractivity contribution in [2.24, 2.45) is 5.92 Å². The van der Waals surface area contributed by atoms with Crippen molar-refractivity contribution in [3.8, 4) is 0 Å². The molecule has 2 heteroatoms. The average Bonchev–Trinajstić information content (AvgIpc) is 2.39. The summed E-state index contributed by atoms with van der Waals surface area (Å²) in [4.78, 5) is 5.34. The number of hydrogen-bond acceptors (Lipinski definition) is 2. The molecule has 2 aliphatic rings. The summed E-state index contributed by atoms with van der Waals surface area (Å²) in [6, 6.07) is 1.58. The normalized spacial score (nSPS) is 32.9. The Morgan fingerprint density at radius 3 is 2.06 bits per heavy atom. The summed E-state index contributed by atoms with van der Waals surface area (Å²) in [6.45, 7) is 13.6. The standard InChI is InChI=1S/C15H28N2/c1-4-14-5-7-15(8-6-14)17-11-9-16(10-12-17)13(2)3/h4,13-15H,1,5-12H2,2-3H3. The van der Waals surface area contributed by atoms with E-state index in [1.54, 1.807) is 0 Å². The molecule has 0 bridgehead atoms. The van der Waals surface area contributed by atoms with E-state index < -0.39 is 0 Å². The molecule has 0 aromatic heterocycles. The summed E-state index contributed by atoms with van der Waals surface area (Å²) in [5.74, 6) is 0.795. The lowest BCUT2D eigenvalue weighted by atomic mass is 9.85. The van der Waals surface area contributed by atoms with E-state index in [0.717, 1.165) is 12.0 Å². The highest BCUT2D eigenvalue weighted by molar-refractivity contribution is 4.89. The van der Waals surface area contributed by atoms with Crippen molar-refractivity contribution in [3.63, 3.8) is 0 Å². The van der Waals surface area contributed by atoms with Crippen molar-refractivity contribution in [3.05, 3.63) is 12.7 Å². The highest BCUT2D eigenvalue weighted by Crippen LogP contribution is 2.28. The van der Waals surface area contributed by atoms with Crippen LogP contribution in [0.4, 0.5) is 0 Å². The van der Waals surface area contributed by atoms with Crippen molar-refractivity contribution in [1.29, 1.82) is 0 Å². The second-order valence-corrected chi connectivity index (χ2v) is 5.97. The number of allylic oxidation sites excluding steroid dienone is 1. The van der Waals surface area contributed by atoms with Crippen LogP contribution in [-0.2, 0) is 0 Å². The van der Waals surface area contributed by atoms with Crippen molar-refractivity contribution in [2.45, 2.75) is 51.6 Å². The molecule has 0 atom stereocenters. The molecule has 98 valence electrons. The summed E-state index contributed by atoms with van der Waals surface area (Å²) >= 11 is 0. The minimum Gasteiger partial charge on any atom is -0.298 e. The molecule has 1 aliphatic heterocycles. The lowest BCUT2D eigenvalue weighted by Crippen LogP contribution is -2.52. The van der Waals surface area contributed by atoms with Gasteiger partial charge in [-0.15, -0.1) is 6.58 Å². The Labute approximate surface area is 107 Å². The first kappa shape index (κ1) is 13.1. The van der Waals surface area contributed by atoms with E-state index >= 15 is 0 Å². The quantitative estimate of drug-likeness (QED) is 0.695. The van der Waals surface area contributed by atoms with Crippen LogP contribution in [0.15, 0.2) is 12.7 Å². The zero-order valence-corrected chi connectivity index (χ0v) is 11.6. The third kappa shape index (κ3) is 3.32. The summed E-state index contributed by atoms with van der Waals surface area (Å²) in [5, 5.41) is 0. The zero-order valence-electron chi connectivity index (χ0n) is 11.6. The molecule has 0 aromatic carbocycles. The van der Waals surface area contributed by atoms with E-state index in [0.29, 0.717) is 6.04 Å². The molecular formula is C15H28N2. The molecule has 1 saturated heterocycles. The predicted octanol–water partition coefficient (Wildman–Crippen LogP) is 2.76. The van der Waals surface area contributed by atoms with Crippen LogP contribution >= 0.6 is 0 Å². The van der Waals surface area contributed by atoms with E-state index in [9.17, 15) is 0 Å². The van der Waals surface area contributed by atoms with Gasteiger partial charge in [-0.1, -0.05) is 6.08 Å². The molecule has 2 nitrogen and oxygen atoms in total. The van der Waals surface area contributed by atoms with Crippen molar-refractivity contribution in [2.75, 3.05) is 26.2 Å². The Bertz CT molecular complexity index is 233. The van der Waals surface area contributed by atoms with Crippen LogP contribution in [0, 0.1) is 5.92 Å². The molecule has 0 N–H and O–H groups in total. The van der Waals surface area contributed by atoms with Gasteiger partial charge < -0.3 is 0 Å². The SMILES string of the molecule is C=CC1CCC(N2CCN(C(C)C)CC2)CC1. The van der Waals surface area contributed by atoms with Gasteiger partial charge in [0.25, 0.3) is 0 Å². The molecule has 0 spiro atoms. The Kier molecular flexibility index (Phi) is 4.63. The molecule has 2 fully saturated rings. The van der Waals surface area contributed by atoms with Crippen LogP contribution < -0.4 is 0 Å². The largest absolute Gasteiger partial charge is 0.298 e. The van der Waals surface area contributed by atoms with Gasteiger partial charge in [-0.25, -0.2) is 0 Å². The smallest absolute Gasteiger partial charge is 0.0113 e. The van der Waals surface area contributed by atoms with Crippen LogP contribution in [0.2, 0.25) is 0 Å². The highest BCUT2D eigenvalue weighted by Gasteiger charge is 2.27. The maximum atomic E-state index is 3.93. The summed E-state index contributed by atoms with van der Waals surface area (Å²) in [6.07, 6.45) is 7.65. The van der Waals surface area contributed by atoms with Gasteiger partial charge in [0.15, 0.2) is 0 Å². The van der Waals surface area contributed by atoms with E-state index in [1.807, 2.05) is 0 Å². The summed E-state index contributed by atoms with van der Waals surface area (Å²) in [7, 11) is 0. The number of piperazine rings is 1. The lowest BCUT2D eigenvalue weighted by Gasteiger charge is -2.42. The highest BCUT2D eigenvalue weighted by atomic mass is 15.3. The second kappa shape index (κ2) is 6.01. The maximum absolute atomic E-state index is 3.93. The first-order valence-electron chi connectivity index (χ1n) is 7.31. The van der Waals surface area contributed by atoms with Gasteiger partial charge in [0.2, 0.25) is 0 Å². The van der Waals surface area contributed by atoms with E-state index in [4.69, 9.17) is 0 Å². The van der Waals surface area contributed by atoms with Gasteiger partial charge in [-0.3, -0.25) is 9.80 Å². The summed E-state index contributed by atoms with van der Waals surface area (Å²) < 4.78 is 0. The molecule has 0 unspecified atom stereocenters. The fraction of sp³-hybridized carbons (Fsp3) is 0.867. The Morgan fingerprint density at radius 1 is 1.00 bits per heavy atom. The number of hydrogen-bond donors (Lipinski definition) is 0. The number of nitrogens with zero attached hydrogens (tertiary/aromatic N) is 2. The molecular weight excluding hydrogens is 208 g/mol. The predicted molar refractivity (Wildman–Crippen MR) is 74.2 cm³/mol. The molecule has 0 aromatic rings. The van der Waals surface area contributed by atoms with Crippen LogP contribution in [-0.4, -0.2) is 48.1 Å². The minimum atomic E-state index is 0.716. The van der Waals surface area contributed by atoms with Gasteiger partial charge in [0.05, 0.1) is 0 Å². The molecule has 17 heavy (non-hydrogen) atoms. The topological polar surface area (TPSA) is 6.48 Å². The van der Waals surface area contributed by atoms with Crippen molar-refractivity contribution in [1.82, 2.24) is 9.80 Å². The summed E-state index contributed by atoms with van der Waals surface area (Å²) in [5.41, 5.74) is 0. The molecule has 2 rings (SSSR count). The van der Waals surface area contributed by atoms with Crippen molar-refractivity contribution < 1.29 is 0 Å². The fourth-order valence-electron chi connectivity index (χ4n) is 3.32. The minimum absolute atomic E-state index is 0.716. The average molecular weight is 236 g/mol. The van der Waals surface area contributed by atoms with E-state index in [-0.39, 0.29) is 0 Å². The van der Waals surface area contributed by atoms with Gasteiger partial charge >= 0.3 is 0 Å². The van der Waals surface area contributed by atoms with Crippen LogP contribution in [0.25, 0.3) is 0 Å². The second-order valence-electron chi connectivity index (χ2n) is 5.97. The molecule has 0 radical (unpaired) electrons. The fourth-order valence-corrected chi connectivity index (χ4v) is 3.32. The van der Waals surface area contributed by atoms with Gasteiger partial charge in [-0.05, 0) is 45.4 Å². The van der Waals surface area contributed by atoms with Crippen LogP contribution in [0.1, 0.15) is 39.5 Å². The lowest BCUT2D eigenvalue weighted by molar-refractivity contribution is 0.0604. The van der Waals surface area contributed by atoms with E-state index in [1.165, 1.54) is 51.9 Å². The Hall–Kier alpha value is -0.340. The third-order valence-electron chi connectivity index (χ3n) is 4.67. The zero-order chi connectivity index (χ0) is 12.3. The molecule has 1 heterocycles. The van der Waals surface area contributed by atoms with E-state index in [2.05, 4.69) is 36.3 Å². The Balaban J connectivity index is 1.76. The van der Waals surface area contributed by atoms with Gasteiger partial charge in [-0.2, -0.15) is 0 Å². The van der Waals surface area contributed by atoms with Gasteiger partial charge in [0, 0.05) is 38.3 Å². The first-order valence-corrected chi connectivity index (χ1v) is 7.31. The maximum Gasteiger partial charge on any atom is 0.0113 e. The van der Waals surface area contributed by atoms with Crippen LogP contribution in [0.5, 0.6) is 0 Å². The molecule has 1 aliphatic carbocycles. The monoisotopic (exact) mass is 236 g/mol. The van der Waals surface area contributed by atoms with Crippen LogP contribution in [0.3, 0.4) is 0 Å². The number of rotatable bonds is 3. The molecule has 1 saturated carbocycles. The molecule has 0 amide bonds. The van der Waals surface area contributed by atoms with Gasteiger partial charge in [0.1, 0.15) is 0 Å². The van der Waals surface area contributed by atoms with Crippen molar-refractivity contribution >= 4 is 0 Å².